The molecule has 0 N–H and O–H groups in total. The molecule has 1 saturated heterocycles. The minimum atomic E-state index is -4.41. The smallest absolute Gasteiger partial charge is 0.239 e. The number of hydrogen-bond donors (Lipinski definition) is 0. The van der Waals surface area contributed by atoms with Crippen LogP contribution < -0.4 is 4.74 Å². The van der Waals surface area contributed by atoms with Gasteiger partial charge in [0.15, 0.2) is 5.82 Å². The van der Waals surface area contributed by atoms with Crippen LogP contribution in [0.1, 0.15) is 31.4 Å². The fourth-order valence-corrected chi connectivity index (χ4v) is 6.67. The predicted molar refractivity (Wildman–Crippen MR) is 122 cm³/mol. The van der Waals surface area contributed by atoms with E-state index in [1.807, 2.05) is 18.2 Å². The molecular weight excluding hydrogens is 522 g/mol. The first-order valence-electron chi connectivity index (χ1n) is 10.1. The van der Waals surface area contributed by atoms with Crippen LogP contribution >= 0.6 is 27.3 Å². The lowest BCUT2D eigenvalue weighted by Gasteiger charge is -2.36. The van der Waals surface area contributed by atoms with E-state index in [4.69, 9.17) is 4.74 Å². The Balaban J connectivity index is 1.48. The third-order valence-electron chi connectivity index (χ3n) is 5.59. The molecular formula is C22H21BrF2N2O3S2. The van der Waals surface area contributed by atoms with E-state index in [0.29, 0.717) is 12.8 Å². The van der Waals surface area contributed by atoms with Crippen LogP contribution in [0.3, 0.4) is 0 Å². The molecule has 3 aromatic rings. The van der Waals surface area contributed by atoms with Crippen molar-refractivity contribution in [2.45, 2.75) is 41.1 Å². The monoisotopic (exact) mass is 542 g/mol. The van der Waals surface area contributed by atoms with E-state index in [1.165, 1.54) is 17.1 Å². The van der Waals surface area contributed by atoms with Gasteiger partial charge in [-0.3, -0.25) is 4.90 Å². The second kappa shape index (κ2) is 9.54. The largest absolute Gasteiger partial charge is 0.489 e. The summed E-state index contributed by atoms with van der Waals surface area (Å²) in [7, 11) is -4.41. The average Bonchev–Trinajstić information content (AvgIpc) is 3.34. The number of benzene rings is 2. The van der Waals surface area contributed by atoms with Crippen LogP contribution in [0.25, 0.3) is 0 Å². The highest BCUT2D eigenvalue weighted by Crippen LogP contribution is 2.38. The zero-order chi connectivity index (χ0) is 22.9. The second-order valence-electron chi connectivity index (χ2n) is 7.55. The Labute approximate surface area is 198 Å². The van der Waals surface area contributed by atoms with Crippen molar-refractivity contribution in [2.75, 3.05) is 13.1 Å². The SMILES string of the molecule is C[C@H](c1ccccc1)N1CCC(Oc2cc(F)c(S(=O)(=O)c3nccs3)c(F)c2Br)CC1. The lowest BCUT2D eigenvalue weighted by molar-refractivity contribution is 0.0787. The van der Waals surface area contributed by atoms with Crippen LogP contribution in [0.4, 0.5) is 8.78 Å². The molecule has 170 valence electrons. The maximum absolute atomic E-state index is 14.9. The van der Waals surface area contributed by atoms with E-state index in [0.717, 1.165) is 30.5 Å². The normalized spacial score (nSPS) is 16.8. The van der Waals surface area contributed by atoms with E-state index in [9.17, 15) is 17.2 Å². The topological polar surface area (TPSA) is 59.5 Å². The predicted octanol–water partition coefficient (Wildman–Crippen LogP) is 5.62. The summed E-state index contributed by atoms with van der Waals surface area (Å²) in [5.74, 6) is -2.47. The molecule has 5 nitrogen and oxygen atoms in total. The number of nitrogens with zero attached hydrogens (tertiary/aromatic N) is 2. The Morgan fingerprint density at radius 2 is 1.91 bits per heavy atom. The molecule has 0 saturated carbocycles. The second-order valence-corrected chi connectivity index (χ2v) is 11.3. The third-order valence-corrected chi connectivity index (χ3v) is 9.32. The van der Waals surface area contributed by atoms with Crippen LogP contribution in [-0.4, -0.2) is 37.5 Å². The Morgan fingerprint density at radius 3 is 2.53 bits per heavy atom. The van der Waals surface area contributed by atoms with Crippen molar-refractivity contribution in [2.24, 2.45) is 0 Å². The quantitative estimate of drug-likeness (QED) is 0.378. The molecule has 32 heavy (non-hydrogen) atoms. The van der Waals surface area contributed by atoms with Gasteiger partial charge < -0.3 is 4.74 Å². The minimum absolute atomic E-state index is 0.0485. The van der Waals surface area contributed by atoms with Crippen molar-refractivity contribution in [3.63, 3.8) is 0 Å². The van der Waals surface area contributed by atoms with Gasteiger partial charge >= 0.3 is 0 Å². The van der Waals surface area contributed by atoms with Crippen molar-refractivity contribution in [1.29, 1.82) is 0 Å². The number of halogens is 3. The summed E-state index contributed by atoms with van der Waals surface area (Å²) in [6, 6.07) is 11.4. The number of sulfone groups is 1. The molecule has 0 bridgehead atoms. The number of likely N-dealkylation sites (tertiary alicyclic amines) is 1. The van der Waals surface area contributed by atoms with Gasteiger partial charge in [0.05, 0.1) is 4.47 Å². The van der Waals surface area contributed by atoms with Gasteiger partial charge in [-0.2, -0.15) is 0 Å². The maximum atomic E-state index is 14.9. The summed E-state index contributed by atoms with van der Waals surface area (Å²) < 4.78 is 60.2. The number of ether oxygens (including phenoxy) is 1. The molecule has 1 aliphatic rings. The zero-order valence-electron chi connectivity index (χ0n) is 17.2. The number of aromatic nitrogens is 1. The summed E-state index contributed by atoms with van der Waals surface area (Å²) in [5.41, 5.74) is 1.23. The van der Waals surface area contributed by atoms with E-state index < -0.39 is 26.4 Å². The lowest BCUT2D eigenvalue weighted by atomic mass is 10.0. The highest BCUT2D eigenvalue weighted by molar-refractivity contribution is 9.10. The Kier molecular flexibility index (Phi) is 6.94. The highest BCUT2D eigenvalue weighted by Gasteiger charge is 2.33. The first-order valence-corrected chi connectivity index (χ1v) is 13.2. The number of piperidine rings is 1. The number of hydrogen-bond acceptors (Lipinski definition) is 6. The molecule has 2 heterocycles. The molecule has 1 fully saturated rings. The fraction of sp³-hybridized carbons (Fsp3) is 0.318. The zero-order valence-corrected chi connectivity index (χ0v) is 20.4. The molecule has 0 spiro atoms. The van der Waals surface area contributed by atoms with Crippen LogP contribution in [0.5, 0.6) is 5.75 Å². The Morgan fingerprint density at radius 1 is 1.22 bits per heavy atom. The molecule has 0 aliphatic carbocycles. The Bertz CT molecular complexity index is 1180. The highest BCUT2D eigenvalue weighted by atomic mass is 79.9. The first kappa shape index (κ1) is 23.3. The van der Waals surface area contributed by atoms with E-state index in [1.54, 1.807) is 0 Å². The van der Waals surface area contributed by atoms with Crippen LogP contribution in [-0.2, 0) is 9.84 Å². The molecule has 2 aromatic carbocycles. The van der Waals surface area contributed by atoms with E-state index in [2.05, 4.69) is 44.9 Å². The summed E-state index contributed by atoms with van der Waals surface area (Å²) in [4.78, 5) is 4.99. The van der Waals surface area contributed by atoms with Crippen molar-refractivity contribution < 1.29 is 21.9 Å². The van der Waals surface area contributed by atoms with Gasteiger partial charge in [0.25, 0.3) is 0 Å². The summed E-state index contributed by atoms with van der Waals surface area (Å²) in [6.07, 6.45) is 2.41. The average molecular weight is 543 g/mol. The summed E-state index contributed by atoms with van der Waals surface area (Å²) in [6.45, 7) is 3.71. The van der Waals surface area contributed by atoms with Crippen molar-refractivity contribution in [1.82, 2.24) is 9.88 Å². The van der Waals surface area contributed by atoms with Gasteiger partial charge in [-0.05, 0) is 41.3 Å². The van der Waals surface area contributed by atoms with Gasteiger partial charge in [-0.1, -0.05) is 30.3 Å². The lowest BCUT2D eigenvalue weighted by Crippen LogP contribution is -2.39. The number of rotatable bonds is 6. The van der Waals surface area contributed by atoms with Crippen molar-refractivity contribution >= 4 is 37.1 Å². The molecule has 0 radical (unpaired) electrons. The van der Waals surface area contributed by atoms with Crippen molar-refractivity contribution in [3.05, 3.63) is 69.6 Å². The molecule has 0 amide bonds. The van der Waals surface area contributed by atoms with Crippen molar-refractivity contribution in [3.8, 4) is 5.75 Å². The van der Waals surface area contributed by atoms with Gasteiger partial charge in [-0.15, -0.1) is 11.3 Å². The molecule has 10 heteroatoms. The standard InChI is InChI=1S/C22H21BrF2N2O3S2/c1-14(15-5-3-2-4-6-15)27-10-7-16(8-11-27)30-18-13-17(24)21(20(25)19(18)23)32(28,29)22-26-9-12-31-22/h2-6,9,12-14,16H,7-8,10-11H2,1H3/t14-/m1/s1. The summed E-state index contributed by atoms with van der Waals surface area (Å²) >= 11 is 3.85. The fourth-order valence-electron chi connectivity index (χ4n) is 3.82. The molecule has 0 unspecified atom stereocenters. The number of thiazole rings is 1. The maximum Gasteiger partial charge on any atom is 0.239 e. The Hall–Kier alpha value is -1.88. The van der Waals surface area contributed by atoms with Gasteiger partial charge in [0, 0.05) is 36.8 Å². The summed E-state index contributed by atoms with van der Waals surface area (Å²) in [5, 5.41) is 1.43. The molecule has 1 aromatic heterocycles. The molecule has 4 rings (SSSR count). The first-order chi connectivity index (χ1) is 15.3. The molecule has 1 atom stereocenters. The third kappa shape index (κ3) is 4.59. The van der Waals surface area contributed by atoms with Gasteiger partial charge in [-0.25, -0.2) is 22.2 Å². The molecule has 1 aliphatic heterocycles. The van der Waals surface area contributed by atoms with E-state index in [-0.39, 0.29) is 26.7 Å². The van der Waals surface area contributed by atoms with Crippen LogP contribution in [0.2, 0.25) is 0 Å². The minimum Gasteiger partial charge on any atom is -0.489 e. The van der Waals surface area contributed by atoms with Crippen LogP contribution in [0, 0.1) is 11.6 Å². The van der Waals surface area contributed by atoms with Crippen LogP contribution in [0.15, 0.2) is 61.7 Å². The van der Waals surface area contributed by atoms with Gasteiger partial charge in [0.2, 0.25) is 14.2 Å². The van der Waals surface area contributed by atoms with Gasteiger partial charge in [0.1, 0.15) is 22.6 Å². The van der Waals surface area contributed by atoms with E-state index >= 15 is 0 Å².